The van der Waals surface area contributed by atoms with Gasteiger partial charge in [0.2, 0.25) is 0 Å². The van der Waals surface area contributed by atoms with Gasteiger partial charge in [-0.25, -0.2) is 0 Å². The van der Waals surface area contributed by atoms with E-state index < -0.39 is 0 Å². The first kappa shape index (κ1) is 22.7. The van der Waals surface area contributed by atoms with Gasteiger partial charge in [-0.05, 0) is 63.4 Å². The average molecular weight is 451 g/mol. The Balaban J connectivity index is 1.42. The third kappa shape index (κ3) is 5.48. The predicted molar refractivity (Wildman–Crippen MR) is 126 cm³/mol. The van der Waals surface area contributed by atoms with Crippen molar-refractivity contribution in [1.82, 2.24) is 10.2 Å². The molecule has 0 aliphatic carbocycles. The maximum absolute atomic E-state index is 12.9. The number of nitrogens with zero attached hydrogens (tertiary/aromatic N) is 1. The van der Waals surface area contributed by atoms with E-state index in [0.717, 1.165) is 43.3 Å². The van der Waals surface area contributed by atoms with E-state index in [1.165, 1.54) is 0 Å². The van der Waals surface area contributed by atoms with Crippen LogP contribution in [-0.4, -0.2) is 43.0 Å². The number of ether oxygens (including phenoxy) is 2. The summed E-state index contributed by atoms with van der Waals surface area (Å²) in [7, 11) is 0. The lowest BCUT2D eigenvalue weighted by molar-refractivity contribution is -0.134. The van der Waals surface area contributed by atoms with Crippen LogP contribution in [0.3, 0.4) is 0 Å². The number of furan rings is 1. The number of piperidine rings is 1. The molecule has 1 fully saturated rings. The van der Waals surface area contributed by atoms with Crippen molar-refractivity contribution in [2.24, 2.45) is 0 Å². The van der Waals surface area contributed by atoms with Crippen molar-refractivity contribution in [3.05, 3.63) is 59.9 Å². The fourth-order valence-electron chi connectivity index (χ4n) is 3.98. The van der Waals surface area contributed by atoms with Crippen molar-refractivity contribution in [3.63, 3.8) is 0 Å². The van der Waals surface area contributed by atoms with Crippen LogP contribution in [0.15, 0.2) is 52.9 Å². The minimum Gasteiger partial charge on any atom is -0.490 e. The molecule has 0 spiro atoms. The highest BCUT2D eigenvalue weighted by atomic mass is 16.5. The molecule has 0 radical (unpaired) electrons. The zero-order valence-corrected chi connectivity index (χ0v) is 19.1. The smallest absolute Gasteiger partial charge is 0.260 e. The van der Waals surface area contributed by atoms with Crippen LogP contribution in [0.1, 0.15) is 55.3 Å². The van der Waals surface area contributed by atoms with Gasteiger partial charge in [0.25, 0.3) is 11.8 Å². The molecule has 0 unspecified atom stereocenters. The van der Waals surface area contributed by atoms with Gasteiger partial charge in [-0.3, -0.25) is 9.59 Å². The molecule has 4 rings (SSSR count). The van der Waals surface area contributed by atoms with Crippen molar-refractivity contribution < 1.29 is 23.5 Å². The first-order valence-corrected chi connectivity index (χ1v) is 11.5. The second kappa shape index (κ2) is 10.4. The van der Waals surface area contributed by atoms with Crippen LogP contribution in [0.25, 0.3) is 11.0 Å². The largest absolute Gasteiger partial charge is 0.490 e. The molecule has 0 bridgehead atoms. The number of hydrogen-bond acceptors (Lipinski definition) is 5. The Hall–Kier alpha value is -3.48. The van der Waals surface area contributed by atoms with Crippen LogP contribution in [0.4, 0.5) is 0 Å². The van der Waals surface area contributed by atoms with Crippen LogP contribution < -0.4 is 14.8 Å². The summed E-state index contributed by atoms with van der Waals surface area (Å²) in [6.07, 6.45) is 3.23. The summed E-state index contributed by atoms with van der Waals surface area (Å²) in [6.45, 7) is 5.67. The highest BCUT2D eigenvalue weighted by molar-refractivity contribution is 5.95. The fourth-order valence-corrected chi connectivity index (χ4v) is 3.98. The van der Waals surface area contributed by atoms with Crippen LogP contribution in [-0.2, 0) is 4.79 Å². The highest BCUT2D eigenvalue weighted by Crippen LogP contribution is 2.29. The van der Waals surface area contributed by atoms with Gasteiger partial charge in [0.05, 0.1) is 12.6 Å². The van der Waals surface area contributed by atoms with E-state index in [1.54, 1.807) is 18.2 Å². The van der Waals surface area contributed by atoms with Gasteiger partial charge in [-0.1, -0.05) is 18.2 Å². The Kier molecular flexibility index (Phi) is 7.17. The lowest BCUT2D eigenvalue weighted by atomic mass is 10.1. The summed E-state index contributed by atoms with van der Waals surface area (Å²) in [5.74, 6) is 1.29. The molecule has 1 saturated heterocycles. The monoisotopic (exact) mass is 450 g/mol. The van der Waals surface area contributed by atoms with E-state index in [0.29, 0.717) is 29.4 Å². The first-order valence-electron chi connectivity index (χ1n) is 11.5. The Morgan fingerprint density at radius 1 is 1.03 bits per heavy atom. The van der Waals surface area contributed by atoms with Gasteiger partial charge in [-0.2, -0.15) is 0 Å². The van der Waals surface area contributed by atoms with Gasteiger partial charge < -0.3 is 24.1 Å². The highest BCUT2D eigenvalue weighted by Gasteiger charge is 2.20. The second-order valence-corrected chi connectivity index (χ2v) is 8.21. The quantitative estimate of drug-likeness (QED) is 0.537. The topological polar surface area (TPSA) is 81.0 Å². The third-order valence-corrected chi connectivity index (χ3v) is 5.78. The summed E-state index contributed by atoms with van der Waals surface area (Å²) in [5.41, 5.74) is 1.23. The molecule has 1 aromatic heterocycles. The number of hydrogen-bond donors (Lipinski definition) is 1. The zero-order valence-electron chi connectivity index (χ0n) is 19.1. The molecule has 33 heavy (non-hydrogen) atoms. The number of amides is 2. The van der Waals surface area contributed by atoms with Crippen LogP contribution >= 0.6 is 0 Å². The Morgan fingerprint density at radius 2 is 1.82 bits per heavy atom. The number of fused-ring (bicyclic) bond motifs is 1. The predicted octanol–water partition coefficient (Wildman–Crippen LogP) is 4.71. The van der Waals surface area contributed by atoms with Crippen LogP contribution in [0.2, 0.25) is 0 Å². The SMILES string of the molecule is CCOc1cc(C(=O)N[C@@H](C)c2cc3ccccc3o2)ccc1OCC(=O)N1CCCCC1. The maximum Gasteiger partial charge on any atom is 0.260 e. The maximum atomic E-state index is 12.9. The molecule has 7 heteroatoms. The number of carbonyl (C=O) groups is 2. The molecule has 1 aliphatic rings. The van der Waals surface area contributed by atoms with Gasteiger partial charge in [0, 0.05) is 24.0 Å². The number of nitrogens with one attached hydrogen (secondary N) is 1. The van der Waals surface area contributed by atoms with E-state index in [-0.39, 0.29) is 24.5 Å². The third-order valence-electron chi connectivity index (χ3n) is 5.78. The lowest BCUT2D eigenvalue weighted by Crippen LogP contribution is -2.38. The zero-order chi connectivity index (χ0) is 23.2. The van der Waals surface area contributed by atoms with Crippen molar-refractivity contribution >= 4 is 22.8 Å². The number of benzene rings is 2. The molecular formula is C26H30N2O5. The Bertz CT molecular complexity index is 1080. The Labute approximate surface area is 193 Å². The molecular weight excluding hydrogens is 420 g/mol. The van der Waals surface area contributed by atoms with Crippen LogP contribution in [0, 0.1) is 0 Å². The molecule has 7 nitrogen and oxygen atoms in total. The van der Waals surface area contributed by atoms with Gasteiger partial charge in [0.15, 0.2) is 18.1 Å². The van der Waals surface area contributed by atoms with Gasteiger partial charge >= 0.3 is 0 Å². The molecule has 2 aromatic carbocycles. The minimum atomic E-state index is -0.307. The summed E-state index contributed by atoms with van der Waals surface area (Å²) in [6, 6.07) is 14.4. The molecule has 174 valence electrons. The molecule has 1 N–H and O–H groups in total. The fraction of sp³-hybridized carbons (Fsp3) is 0.385. The number of likely N-dealkylation sites (tertiary alicyclic amines) is 1. The molecule has 1 aliphatic heterocycles. The molecule has 0 saturated carbocycles. The average Bonchev–Trinajstić information content (AvgIpc) is 3.28. The number of carbonyl (C=O) groups excluding carboxylic acids is 2. The molecule has 1 atom stereocenters. The molecule has 2 heterocycles. The van der Waals surface area contributed by atoms with E-state index >= 15 is 0 Å². The first-order chi connectivity index (χ1) is 16.0. The summed E-state index contributed by atoms with van der Waals surface area (Å²) in [4.78, 5) is 27.1. The van der Waals surface area contributed by atoms with Crippen molar-refractivity contribution in [3.8, 4) is 11.5 Å². The number of para-hydroxylation sites is 1. The Morgan fingerprint density at radius 3 is 2.58 bits per heavy atom. The minimum absolute atomic E-state index is 0.0290. The van der Waals surface area contributed by atoms with Crippen molar-refractivity contribution in [2.45, 2.75) is 39.2 Å². The van der Waals surface area contributed by atoms with E-state index in [4.69, 9.17) is 13.9 Å². The standard InChI is InChI=1S/C26H30N2O5/c1-3-31-24-16-20(11-12-22(24)32-17-25(29)28-13-7-4-8-14-28)26(30)27-18(2)23-15-19-9-5-6-10-21(19)33-23/h5-6,9-12,15-16,18H,3-4,7-8,13-14,17H2,1-2H3,(H,27,30)/t18-/m0/s1. The van der Waals surface area contributed by atoms with Crippen molar-refractivity contribution in [1.29, 1.82) is 0 Å². The van der Waals surface area contributed by atoms with Gasteiger partial charge in [-0.15, -0.1) is 0 Å². The summed E-state index contributed by atoms with van der Waals surface area (Å²) >= 11 is 0. The second-order valence-electron chi connectivity index (χ2n) is 8.21. The van der Waals surface area contributed by atoms with Crippen molar-refractivity contribution in [2.75, 3.05) is 26.3 Å². The van der Waals surface area contributed by atoms with Gasteiger partial charge in [0.1, 0.15) is 11.3 Å². The van der Waals surface area contributed by atoms with E-state index in [9.17, 15) is 9.59 Å². The lowest BCUT2D eigenvalue weighted by Gasteiger charge is -2.26. The van der Waals surface area contributed by atoms with E-state index in [2.05, 4.69) is 5.32 Å². The van der Waals surface area contributed by atoms with E-state index in [1.807, 2.05) is 49.1 Å². The molecule has 2 amide bonds. The normalized spacial score (nSPS) is 14.7. The summed E-state index contributed by atoms with van der Waals surface area (Å²) in [5, 5.41) is 3.96. The summed E-state index contributed by atoms with van der Waals surface area (Å²) < 4.78 is 17.3. The molecule has 3 aromatic rings. The number of rotatable bonds is 8. The van der Waals surface area contributed by atoms with Crippen LogP contribution in [0.5, 0.6) is 11.5 Å².